The minimum Gasteiger partial charge on any atom is -0.462 e. The molecule has 0 aromatic rings. The van der Waals surface area contributed by atoms with E-state index in [0.717, 1.165) is 89.9 Å². The van der Waals surface area contributed by atoms with Gasteiger partial charge >= 0.3 is 17.9 Å². The van der Waals surface area contributed by atoms with Gasteiger partial charge in [0.25, 0.3) is 0 Å². The summed E-state index contributed by atoms with van der Waals surface area (Å²) >= 11 is 0. The fourth-order valence-corrected chi connectivity index (χ4v) is 7.33. The van der Waals surface area contributed by atoms with Gasteiger partial charge in [-0.1, -0.05) is 225 Å². The zero-order valence-corrected chi connectivity index (χ0v) is 45.7. The van der Waals surface area contributed by atoms with Gasteiger partial charge in [-0.15, -0.1) is 0 Å². The minimum atomic E-state index is -0.832. The Labute approximate surface area is 436 Å². The van der Waals surface area contributed by atoms with Gasteiger partial charge in [-0.2, -0.15) is 0 Å². The lowest BCUT2D eigenvalue weighted by molar-refractivity contribution is -0.166. The Morgan fingerprint density at radius 2 is 0.577 bits per heavy atom. The molecule has 0 aliphatic rings. The molecule has 0 unspecified atom stereocenters. The summed E-state index contributed by atoms with van der Waals surface area (Å²) in [4.78, 5) is 38.1. The first-order chi connectivity index (χ1) is 35.0. The molecule has 0 aromatic heterocycles. The maximum Gasteiger partial charge on any atom is 0.306 e. The number of rotatable bonds is 50. The van der Waals surface area contributed by atoms with Crippen LogP contribution in [0, 0.1) is 0 Å². The summed E-state index contributed by atoms with van der Waals surface area (Å²) in [6, 6.07) is 0. The van der Waals surface area contributed by atoms with Gasteiger partial charge in [-0.3, -0.25) is 14.4 Å². The molecule has 6 heteroatoms. The molecule has 0 aliphatic carbocycles. The number of carbonyl (C=O) groups is 3. The van der Waals surface area contributed by atoms with Gasteiger partial charge in [-0.05, 0) is 128 Å². The van der Waals surface area contributed by atoms with Gasteiger partial charge in [0, 0.05) is 19.3 Å². The Hall–Kier alpha value is -4.45. The van der Waals surface area contributed by atoms with Crippen molar-refractivity contribution in [2.75, 3.05) is 13.2 Å². The number of carbonyl (C=O) groups excluding carboxylic acids is 3. The molecule has 0 saturated carbocycles. The van der Waals surface area contributed by atoms with Crippen LogP contribution < -0.4 is 0 Å². The van der Waals surface area contributed by atoms with Crippen LogP contribution in [0.1, 0.15) is 239 Å². The van der Waals surface area contributed by atoms with Crippen molar-refractivity contribution in [3.8, 4) is 0 Å². The quantitative estimate of drug-likeness (QED) is 0.0262. The molecule has 0 aliphatic heterocycles. The first-order valence-corrected chi connectivity index (χ1v) is 28.7. The molecule has 0 radical (unpaired) electrons. The van der Waals surface area contributed by atoms with E-state index in [1.807, 2.05) is 12.2 Å². The molecule has 0 fully saturated rings. The van der Waals surface area contributed by atoms with Crippen molar-refractivity contribution in [3.05, 3.63) is 134 Å². The highest BCUT2D eigenvalue weighted by atomic mass is 16.6. The Kier molecular flexibility index (Phi) is 54.5. The Bertz CT molecular complexity index is 1550. The molecule has 0 amide bonds. The zero-order chi connectivity index (χ0) is 51.4. The molecule has 1 atom stereocenters. The van der Waals surface area contributed by atoms with Crippen molar-refractivity contribution in [2.24, 2.45) is 0 Å². The van der Waals surface area contributed by atoms with Crippen molar-refractivity contribution in [3.63, 3.8) is 0 Å². The number of allylic oxidation sites excluding steroid dienone is 22. The third-order valence-corrected chi connectivity index (χ3v) is 11.6. The van der Waals surface area contributed by atoms with E-state index in [0.29, 0.717) is 25.7 Å². The van der Waals surface area contributed by atoms with Gasteiger partial charge in [0.15, 0.2) is 6.10 Å². The smallest absolute Gasteiger partial charge is 0.306 e. The summed E-state index contributed by atoms with van der Waals surface area (Å²) < 4.78 is 16.8. The monoisotopic (exact) mass is 981 g/mol. The van der Waals surface area contributed by atoms with E-state index in [-0.39, 0.29) is 37.5 Å². The van der Waals surface area contributed by atoms with E-state index in [9.17, 15) is 14.4 Å². The zero-order valence-electron chi connectivity index (χ0n) is 45.7. The number of esters is 3. The van der Waals surface area contributed by atoms with Crippen molar-refractivity contribution in [1.82, 2.24) is 0 Å². The van der Waals surface area contributed by atoms with Crippen molar-refractivity contribution in [2.45, 2.75) is 245 Å². The first-order valence-electron chi connectivity index (χ1n) is 28.7. The predicted octanol–water partition coefficient (Wildman–Crippen LogP) is 19.4. The van der Waals surface area contributed by atoms with Crippen molar-refractivity contribution < 1.29 is 28.6 Å². The summed E-state index contributed by atoms with van der Waals surface area (Å²) in [6.07, 6.45) is 81.6. The van der Waals surface area contributed by atoms with E-state index in [4.69, 9.17) is 14.2 Å². The topological polar surface area (TPSA) is 78.9 Å². The highest BCUT2D eigenvalue weighted by molar-refractivity contribution is 5.71. The summed E-state index contributed by atoms with van der Waals surface area (Å²) in [5.74, 6) is -1.06. The molecule has 0 heterocycles. The third kappa shape index (κ3) is 56.3. The average molecular weight is 982 g/mol. The van der Waals surface area contributed by atoms with Crippen LogP contribution in [0.5, 0.6) is 0 Å². The lowest BCUT2D eigenvalue weighted by atomic mass is 10.1. The molecular weight excluding hydrogens is 877 g/mol. The van der Waals surface area contributed by atoms with Crippen molar-refractivity contribution >= 4 is 17.9 Å². The number of unbranched alkanes of at least 4 members (excludes halogenated alkanes) is 17. The van der Waals surface area contributed by atoms with Crippen LogP contribution in [-0.2, 0) is 28.6 Å². The second-order valence-electron chi connectivity index (χ2n) is 18.5. The van der Waals surface area contributed by atoms with Crippen LogP contribution in [-0.4, -0.2) is 37.2 Å². The fraction of sp³-hybridized carbons (Fsp3) is 0.615. The summed E-state index contributed by atoms with van der Waals surface area (Å²) in [5.41, 5.74) is 0. The van der Waals surface area contributed by atoms with E-state index in [2.05, 4.69) is 142 Å². The third-order valence-electron chi connectivity index (χ3n) is 11.6. The van der Waals surface area contributed by atoms with Gasteiger partial charge in [0.1, 0.15) is 13.2 Å². The van der Waals surface area contributed by atoms with E-state index in [1.54, 1.807) is 0 Å². The van der Waals surface area contributed by atoms with Crippen molar-refractivity contribution in [1.29, 1.82) is 0 Å². The maximum absolute atomic E-state index is 12.9. The normalized spacial score (nSPS) is 13.1. The number of hydrogen-bond donors (Lipinski definition) is 0. The molecular formula is C65H104O6. The SMILES string of the molecule is CC/C=C\C/C=C\C/C=C\C/C=C\C/C=C\C/C=C\CCC(=O)OC[C@H](COC(=O)CCCC/C=C\C/C=C\C/C=C\CCCCC)OC(=O)CCCCCCCCCCC/C=C\C/C=C\CCCCC. The summed E-state index contributed by atoms with van der Waals surface area (Å²) in [6.45, 7) is 6.36. The van der Waals surface area contributed by atoms with Crippen LogP contribution >= 0.6 is 0 Å². The number of hydrogen-bond acceptors (Lipinski definition) is 6. The molecule has 6 nitrogen and oxygen atoms in total. The second-order valence-corrected chi connectivity index (χ2v) is 18.5. The largest absolute Gasteiger partial charge is 0.462 e. The van der Waals surface area contributed by atoms with Gasteiger partial charge in [0.05, 0.1) is 0 Å². The predicted molar refractivity (Wildman–Crippen MR) is 306 cm³/mol. The lowest BCUT2D eigenvalue weighted by Crippen LogP contribution is -2.30. The van der Waals surface area contributed by atoms with E-state index < -0.39 is 6.10 Å². The highest BCUT2D eigenvalue weighted by Crippen LogP contribution is 2.14. The van der Waals surface area contributed by atoms with Crippen LogP contribution in [0.2, 0.25) is 0 Å². The Balaban J connectivity index is 4.57. The molecule has 0 bridgehead atoms. The fourth-order valence-electron chi connectivity index (χ4n) is 7.33. The van der Waals surface area contributed by atoms with E-state index in [1.165, 1.54) is 96.3 Å². The lowest BCUT2D eigenvalue weighted by Gasteiger charge is -2.18. The summed E-state index contributed by atoms with van der Waals surface area (Å²) in [7, 11) is 0. The van der Waals surface area contributed by atoms with Crippen LogP contribution in [0.3, 0.4) is 0 Å². The van der Waals surface area contributed by atoms with E-state index >= 15 is 0 Å². The van der Waals surface area contributed by atoms with Crippen LogP contribution in [0.25, 0.3) is 0 Å². The standard InChI is InChI=1S/C65H104O6/c1-4-7-10-13-16-19-22-25-28-30-32-34-37-40-43-46-49-52-55-58-64(67)70-61-62(60-69-63(66)57-54-51-48-45-42-39-36-27-24-21-18-15-12-9-6-3)71-65(68)59-56-53-50-47-44-41-38-35-33-31-29-26-23-20-17-14-11-8-5-2/h7,10,16-21,25-29,32,34,36,40,42-43,45,49,52,62H,4-6,8-9,11-15,22-24,30-31,33,35,37-39,41,44,46-48,50-51,53-61H2,1-3H3/b10-7-,19-16-,20-17-,21-18-,28-25-,29-26-,34-32-,36-27-,43-40-,45-42-,52-49-/t62-/m0/s1. The highest BCUT2D eigenvalue weighted by Gasteiger charge is 2.19. The summed E-state index contributed by atoms with van der Waals surface area (Å²) in [5, 5.41) is 0. The molecule has 0 N–H and O–H groups in total. The Morgan fingerprint density at radius 1 is 0.296 bits per heavy atom. The van der Waals surface area contributed by atoms with Gasteiger partial charge < -0.3 is 14.2 Å². The molecule has 0 aromatic carbocycles. The molecule has 71 heavy (non-hydrogen) atoms. The molecule has 0 rings (SSSR count). The Morgan fingerprint density at radius 3 is 0.972 bits per heavy atom. The van der Waals surface area contributed by atoms with Gasteiger partial charge in [0.2, 0.25) is 0 Å². The maximum atomic E-state index is 12.9. The van der Waals surface area contributed by atoms with Gasteiger partial charge in [-0.25, -0.2) is 0 Å². The minimum absolute atomic E-state index is 0.127. The number of ether oxygens (including phenoxy) is 3. The van der Waals surface area contributed by atoms with Crippen LogP contribution in [0.15, 0.2) is 134 Å². The second kappa shape index (κ2) is 58.1. The average Bonchev–Trinajstić information content (AvgIpc) is 3.37. The molecule has 400 valence electrons. The molecule has 0 saturated heterocycles. The molecule has 0 spiro atoms. The first kappa shape index (κ1) is 66.6. The van der Waals surface area contributed by atoms with Crippen LogP contribution in [0.4, 0.5) is 0 Å².